The molecule has 0 atom stereocenters. The lowest BCUT2D eigenvalue weighted by Gasteiger charge is -2.09. The zero-order valence-electron chi connectivity index (χ0n) is 10.5. The van der Waals surface area contributed by atoms with Gasteiger partial charge in [-0.3, -0.25) is 0 Å². The molecular formula is C14H13N5. The van der Waals surface area contributed by atoms with Crippen LogP contribution in [0.15, 0.2) is 48.9 Å². The molecule has 3 rings (SSSR count). The first kappa shape index (κ1) is 11.4. The highest BCUT2D eigenvalue weighted by molar-refractivity contribution is 5.65. The van der Waals surface area contributed by atoms with Gasteiger partial charge in [0.15, 0.2) is 0 Å². The molecule has 5 nitrogen and oxygen atoms in total. The van der Waals surface area contributed by atoms with Gasteiger partial charge >= 0.3 is 0 Å². The quantitative estimate of drug-likeness (QED) is 0.758. The fourth-order valence-corrected chi connectivity index (χ4v) is 1.98. The number of hydrogen-bond donors (Lipinski definition) is 1. The van der Waals surface area contributed by atoms with E-state index in [1.165, 1.54) is 6.33 Å². The summed E-state index contributed by atoms with van der Waals surface area (Å²) >= 11 is 0. The van der Waals surface area contributed by atoms with E-state index in [-0.39, 0.29) is 0 Å². The van der Waals surface area contributed by atoms with Crippen LogP contribution < -0.4 is 5.73 Å². The zero-order valence-corrected chi connectivity index (χ0v) is 10.5. The van der Waals surface area contributed by atoms with Gasteiger partial charge in [0.05, 0.1) is 23.3 Å². The van der Waals surface area contributed by atoms with Crippen molar-refractivity contribution in [1.29, 1.82) is 0 Å². The number of nitrogens with two attached hydrogens (primary N) is 1. The van der Waals surface area contributed by atoms with E-state index in [4.69, 9.17) is 5.73 Å². The van der Waals surface area contributed by atoms with Gasteiger partial charge in [0.1, 0.15) is 12.1 Å². The number of rotatable bonds is 2. The fourth-order valence-electron chi connectivity index (χ4n) is 1.98. The number of nitrogen functional groups attached to an aromatic ring is 1. The molecule has 94 valence electrons. The van der Waals surface area contributed by atoms with Crippen molar-refractivity contribution < 1.29 is 0 Å². The highest BCUT2D eigenvalue weighted by Crippen LogP contribution is 2.25. The third-order valence-corrected chi connectivity index (χ3v) is 3.01. The summed E-state index contributed by atoms with van der Waals surface area (Å²) < 4.78 is 1.84. The molecule has 0 unspecified atom stereocenters. The number of nitrogens with zero attached hydrogens (tertiary/aromatic N) is 4. The van der Waals surface area contributed by atoms with Crippen molar-refractivity contribution in [2.45, 2.75) is 6.92 Å². The third-order valence-electron chi connectivity index (χ3n) is 3.01. The van der Waals surface area contributed by atoms with Crippen LogP contribution in [0.4, 0.5) is 5.82 Å². The summed E-state index contributed by atoms with van der Waals surface area (Å²) in [6.07, 6.45) is 3.22. The molecule has 0 radical (unpaired) electrons. The fraction of sp³-hybridized carbons (Fsp3) is 0.0714. The van der Waals surface area contributed by atoms with Gasteiger partial charge < -0.3 is 5.73 Å². The molecule has 0 bridgehead atoms. The van der Waals surface area contributed by atoms with E-state index in [9.17, 15) is 0 Å². The zero-order chi connectivity index (χ0) is 13.2. The maximum Gasteiger partial charge on any atom is 0.130 e. The second kappa shape index (κ2) is 4.53. The summed E-state index contributed by atoms with van der Waals surface area (Å²) in [5.74, 6) is 0.491. The molecule has 2 N–H and O–H groups in total. The Morgan fingerprint density at radius 2 is 1.84 bits per heavy atom. The molecule has 0 aliphatic carbocycles. The van der Waals surface area contributed by atoms with Crippen LogP contribution in [0.1, 0.15) is 5.56 Å². The SMILES string of the molecule is Cc1c(N)ncnc1-c1ccnn1-c1ccccc1. The van der Waals surface area contributed by atoms with Crippen LogP contribution in [0, 0.1) is 6.92 Å². The standard InChI is InChI=1S/C14H13N5/c1-10-13(16-9-17-14(10)15)12-7-8-18-19(12)11-5-3-2-4-6-11/h2-9H,1H3,(H2,15,16,17). The van der Waals surface area contributed by atoms with Gasteiger partial charge in [0, 0.05) is 5.56 Å². The summed E-state index contributed by atoms with van der Waals surface area (Å²) in [6.45, 7) is 1.91. The number of anilines is 1. The van der Waals surface area contributed by atoms with Crippen LogP contribution in [0.2, 0.25) is 0 Å². The highest BCUT2D eigenvalue weighted by atomic mass is 15.3. The molecule has 5 heteroatoms. The first-order valence-corrected chi connectivity index (χ1v) is 5.94. The van der Waals surface area contributed by atoms with E-state index in [0.29, 0.717) is 5.82 Å². The van der Waals surface area contributed by atoms with Crippen LogP contribution >= 0.6 is 0 Å². The Bertz CT molecular complexity index is 703. The summed E-state index contributed by atoms with van der Waals surface area (Å²) in [5, 5.41) is 4.35. The van der Waals surface area contributed by atoms with E-state index in [1.54, 1.807) is 6.20 Å². The Labute approximate surface area is 110 Å². The first-order valence-electron chi connectivity index (χ1n) is 5.94. The lowest BCUT2D eigenvalue weighted by Crippen LogP contribution is -2.03. The molecule has 0 saturated carbocycles. The molecule has 0 saturated heterocycles. The van der Waals surface area contributed by atoms with E-state index in [1.807, 2.05) is 48.0 Å². The lowest BCUT2D eigenvalue weighted by atomic mass is 10.2. The second-order valence-electron chi connectivity index (χ2n) is 4.20. The lowest BCUT2D eigenvalue weighted by molar-refractivity contribution is 0.881. The topological polar surface area (TPSA) is 69.6 Å². The van der Waals surface area contributed by atoms with E-state index in [2.05, 4.69) is 15.1 Å². The van der Waals surface area contributed by atoms with Crippen LogP contribution in [-0.2, 0) is 0 Å². The van der Waals surface area contributed by atoms with Crippen LogP contribution in [0.3, 0.4) is 0 Å². The Kier molecular flexibility index (Phi) is 2.72. The minimum absolute atomic E-state index is 0.491. The number of para-hydroxylation sites is 1. The predicted molar refractivity (Wildman–Crippen MR) is 73.7 cm³/mol. The van der Waals surface area contributed by atoms with E-state index < -0.39 is 0 Å². The van der Waals surface area contributed by atoms with Gasteiger partial charge in [0.2, 0.25) is 0 Å². The van der Waals surface area contributed by atoms with Crippen molar-refractivity contribution in [3.8, 4) is 17.1 Å². The molecule has 0 aliphatic heterocycles. The van der Waals surface area contributed by atoms with Gasteiger partial charge in [0.25, 0.3) is 0 Å². The molecule has 2 aromatic heterocycles. The Hall–Kier alpha value is -2.69. The average molecular weight is 251 g/mol. The molecule has 0 fully saturated rings. The summed E-state index contributed by atoms with van der Waals surface area (Å²) in [7, 11) is 0. The maximum atomic E-state index is 5.83. The van der Waals surface area contributed by atoms with Gasteiger partial charge in [-0.1, -0.05) is 18.2 Å². The van der Waals surface area contributed by atoms with Crippen LogP contribution in [0.25, 0.3) is 17.1 Å². The molecule has 0 amide bonds. The largest absolute Gasteiger partial charge is 0.383 e. The Morgan fingerprint density at radius 1 is 1.05 bits per heavy atom. The summed E-state index contributed by atoms with van der Waals surface area (Å²) in [4.78, 5) is 8.30. The Balaban J connectivity index is 2.18. The average Bonchev–Trinajstić information content (AvgIpc) is 2.92. The molecule has 0 aliphatic rings. The van der Waals surface area contributed by atoms with Crippen molar-refractivity contribution in [3.63, 3.8) is 0 Å². The summed E-state index contributed by atoms with van der Waals surface area (Å²) in [6, 6.07) is 11.8. The predicted octanol–water partition coefficient (Wildman–Crippen LogP) is 2.22. The Morgan fingerprint density at radius 3 is 2.63 bits per heavy atom. The monoisotopic (exact) mass is 251 g/mol. The molecule has 19 heavy (non-hydrogen) atoms. The van der Waals surface area contributed by atoms with Crippen molar-refractivity contribution in [2.75, 3.05) is 5.73 Å². The van der Waals surface area contributed by atoms with Gasteiger partial charge in [-0.15, -0.1) is 0 Å². The van der Waals surface area contributed by atoms with Crippen molar-refractivity contribution in [2.24, 2.45) is 0 Å². The van der Waals surface area contributed by atoms with E-state index >= 15 is 0 Å². The summed E-state index contributed by atoms with van der Waals surface area (Å²) in [5.41, 5.74) is 9.38. The minimum atomic E-state index is 0.491. The van der Waals surface area contributed by atoms with Crippen molar-refractivity contribution >= 4 is 5.82 Å². The maximum absolute atomic E-state index is 5.83. The molecule has 1 aromatic carbocycles. The second-order valence-corrected chi connectivity index (χ2v) is 4.20. The third kappa shape index (κ3) is 1.95. The van der Waals surface area contributed by atoms with E-state index in [0.717, 1.165) is 22.6 Å². The highest BCUT2D eigenvalue weighted by Gasteiger charge is 2.12. The van der Waals surface area contributed by atoms with Crippen LogP contribution in [0.5, 0.6) is 0 Å². The molecule has 3 aromatic rings. The minimum Gasteiger partial charge on any atom is -0.383 e. The van der Waals surface area contributed by atoms with Crippen molar-refractivity contribution in [3.05, 3.63) is 54.5 Å². The van der Waals surface area contributed by atoms with Gasteiger partial charge in [-0.25, -0.2) is 14.6 Å². The molecular weight excluding hydrogens is 238 g/mol. The first-order chi connectivity index (χ1) is 9.27. The normalized spacial score (nSPS) is 10.6. The molecule has 0 spiro atoms. The van der Waals surface area contributed by atoms with Crippen LogP contribution in [-0.4, -0.2) is 19.7 Å². The number of benzene rings is 1. The van der Waals surface area contributed by atoms with Gasteiger partial charge in [-0.05, 0) is 25.1 Å². The van der Waals surface area contributed by atoms with Crippen molar-refractivity contribution in [1.82, 2.24) is 19.7 Å². The van der Waals surface area contributed by atoms with Gasteiger partial charge in [-0.2, -0.15) is 5.10 Å². The smallest absolute Gasteiger partial charge is 0.130 e. The number of aromatic nitrogens is 4. The number of hydrogen-bond acceptors (Lipinski definition) is 4. The molecule has 2 heterocycles.